The zero-order valence-electron chi connectivity index (χ0n) is 12.3. The zero-order chi connectivity index (χ0) is 17.5. The first-order valence-corrected chi connectivity index (χ1v) is 7.19. The summed E-state index contributed by atoms with van der Waals surface area (Å²) in [7, 11) is 0. The van der Waals surface area contributed by atoms with Crippen LogP contribution in [0.25, 0.3) is 0 Å². The minimum atomic E-state index is -0.584. The SMILES string of the molecule is O=C(NNC(=S)NCc1ccc(F)cc1)c1cccc([N+](=O)[O-])c1. The van der Waals surface area contributed by atoms with E-state index >= 15 is 0 Å². The zero-order valence-corrected chi connectivity index (χ0v) is 13.1. The summed E-state index contributed by atoms with van der Waals surface area (Å²) in [5.74, 6) is -0.895. The van der Waals surface area contributed by atoms with Crippen LogP contribution in [0.5, 0.6) is 0 Å². The Labute approximate surface area is 142 Å². The molecule has 0 bridgehead atoms. The van der Waals surface area contributed by atoms with Gasteiger partial charge in [0.1, 0.15) is 5.82 Å². The molecule has 0 heterocycles. The molecule has 7 nitrogen and oxygen atoms in total. The molecule has 0 aliphatic heterocycles. The van der Waals surface area contributed by atoms with E-state index in [-0.39, 0.29) is 22.2 Å². The van der Waals surface area contributed by atoms with E-state index in [0.717, 1.165) is 11.6 Å². The summed E-state index contributed by atoms with van der Waals surface area (Å²) in [4.78, 5) is 22.0. The van der Waals surface area contributed by atoms with Gasteiger partial charge in [-0.05, 0) is 36.0 Å². The van der Waals surface area contributed by atoms with Crippen LogP contribution in [0.4, 0.5) is 10.1 Å². The first-order valence-electron chi connectivity index (χ1n) is 6.79. The standard InChI is InChI=1S/C15H13FN4O3S/c16-12-6-4-10(5-7-12)9-17-15(24)19-18-14(21)11-2-1-3-13(8-11)20(22)23/h1-8H,9H2,(H,18,21)(H2,17,19,24). The molecule has 0 atom stereocenters. The number of hydrogen-bond donors (Lipinski definition) is 3. The Balaban J connectivity index is 1.82. The fourth-order valence-corrected chi connectivity index (χ4v) is 1.90. The number of thiocarbonyl (C=S) groups is 1. The van der Waals surface area contributed by atoms with Gasteiger partial charge in [0, 0.05) is 24.2 Å². The number of non-ortho nitro benzene ring substituents is 1. The van der Waals surface area contributed by atoms with Gasteiger partial charge in [0.2, 0.25) is 0 Å². The molecule has 0 spiro atoms. The number of nitrogens with zero attached hydrogens (tertiary/aromatic N) is 1. The first-order chi connectivity index (χ1) is 11.5. The van der Waals surface area contributed by atoms with E-state index in [1.165, 1.54) is 30.3 Å². The lowest BCUT2D eigenvalue weighted by Crippen LogP contribution is -2.46. The normalized spacial score (nSPS) is 9.88. The van der Waals surface area contributed by atoms with Crippen molar-refractivity contribution in [2.45, 2.75) is 6.54 Å². The number of hydrazine groups is 1. The molecule has 3 N–H and O–H groups in total. The topological polar surface area (TPSA) is 96.3 Å². The Kier molecular flexibility index (Phi) is 5.74. The van der Waals surface area contributed by atoms with Gasteiger partial charge in [0.25, 0.3) is 11.6 Å². The predicted molar refractivity (Wildman–Crippen MR) is 89.5 cm³/mol. The summed E-state index contributed by atoms with van der Waals surface area (Å²) in [5, 5.41) is 13.7. The van der Waals surface area contributed by atoms with Crippen LogP contribution in [0.15, 0.2) is 48.5 Å². The first kappa shape index (κ1) is 17.3. The highest BCUT2D eigenvalue weighted by Crippen LogP contribution is 2.12. The molecule has 2 aromatic rings. The van der Waals surface area contributed by atoms with Crippen LogP contribution in [0.3, 0.4) is 0 Å². The van der Waals surface area contributed by atoms with Gasteiger partial charge in [-0.3, -0.25) is 25.8 Å². The number of nitro benzene ring substituents is 1. The summed E-state index contributed by atoms with van der Waals surface area (Å²) in [6, 6.07) is 11.2. The second kappa shape index (κ2) is 7.97. The minimum Gasteiger partial charge on any atom is -0.357 e. The number of benzene rings is 2. The average Bonchev–Trinajstić information content (AvgIpc) is 2.59. The number of amides is 1. The second-order valence-electron chi connectivity index (χ2n) is 4.70. The summed E-state index contributed by atoms with van der Waals surface area (Å²) < 4.78 is 12.8. The quantitative estimate of drug-likeness (QED) is 0.445. The number of carbonyl (C=O) groups excluding carboxylic acids is 1. The Morgan fingerprint density at radius 3 is 2.54 bits per heavy atom. The van der Waals surface area contributed by atoms with Crippen molar-refractivity contribution in [3.8, 4) is 0 Å². The van der Waals surface area contributed by atoms with Crippen molar-refractivity contribution in [2.75, 3.05) is 0 Å². The van der Waals surface area contributed by atoms with Crippen LogP contribution in [0.2, 0.25) is 0 Å². The molecule has 9 heteroatoms. The van der Waals surface area contributed by atoms with E-state index in [4.69, 9.17) is 12.2 Å². The van der Waals surface area contributed by atoms with Crippen molar-refractivity contribution in [2.24, 2.45) is 0 Å². The molecule has 1 amide bonds. The van der Waals surface area contributed by atoms with E-state index in [2.05, 4.69) is 16.2 Å². The molecule has 124 valence electrons. The number of carbonyl (C=O) groups is 1. The maximum Gasteiger partial charge on any atom is 0.270 e. The highest BCUT2D eigenvalue weighted by atomic mass is 32.1. The number of nitrogens with one attached hydrogen (secondary N) is 3. The largest absolute Gasteiger partial charge is 0.357 e. The lowest BCUT2D eigenvalue weighted by atomic mass is 10.2. The monoisotopic (exact) mass is 348 g/mol. The Morgan fingerprint density at radius 1 is 1.17 bits per heavy atom. The maximum absolute atomic E-state index is 12.8. The lowest BCUT2D eigenvalue weighted by molar-refractivity contribution is -0.384. The second-order valence-corrected chi connectivity index (χ2v) is 5.10. The van der Waals surface area contributed by atoms with E-state index in [0.29, 0.717) is 6.54 Å². The molecular weight excluding hydrogens is 335 g/mol. The molecule has 0 fully saturated rings. The molecule has 2 aromatic carbocycles. The van der Waals surface area contributed by atoms with Gasteiger partial charge in [-0.25, -0.2) is 4.39 Å². The predicted octanol–water partition coefficient (Wildman–Crippen LogP) is 2.04. The van der Waals surface area contributed by atoms with Crippen LogP contribution >= 0.6 is 12.2 Å². The van der Waals surface area contributed by atoms with Crippen molar-refractivity contribution < 1.29 is 14.1 Å². The third kappa shape index (κ3) is 4.99. The molecule has 2 rings (SSSR count). The number of halogens is 1. The lowest BCUT2D eigenvalue weighted by Gasteiger charge is -2.11. The van der Waals surface area contributed by atoms with Crippen molar-refractivity contribution in [3.63, 3.8) is 0 Å². The molecule has 0 aromatic heterocycles. The summed E-state index contributed by atoms with van der Waals surface area (Å²) in [6.45, 7) is 0.346. The maximum atomic E-state index is 12.8. The van der Waals surface area contributed by atoms with Crippen LogP contribution in [0.1, 0.15) is 15.9 Å². The fraction of sp³-hybridized carbons (Fsp3) is 0.0667. The third-order valence-electron chi connectivity index (χ3n) is 2.98. The van der Waals surface area contributed by atoms with Crippen LogP contribution < -0.4 is 16.2 Å². The minimum absolute atomic E-state index is 0.123. The van der Waals surface area contributed by atoms with Gasteiger partial charge < -0.3 is 5.32 Å². The molecule has 24 heavy (non-hydrogen) atoms. The summed E-state index contributed by atoms with van der Waals surface area (Å²) in [6.07, 6.45) is 0. The number of hydrogen-bond acceptors (Lipinski definition) is 4. The number of rotatable bonds is 4. The van der Waals surface area contributed by atoms with Gasteiger partial charge in [0.05, 0.1) is 4.92 Å². The van der Waals surface area contributed by atoms with Crippen molar-refractivity contribution in [1.29, 1.82) is 0 Å². The Hall–Kier alpha value is -3.07. The van der Waals surface area contributed by atoms with E-state index < -0.39 is 10.8 Å². The Bertz CT molecular complexity index is 768. The third-order valence-corrected chi connectivity index (χ3v) is 3.22. The summed E-state index contributed by atoms with van der Waals surface area (Å²) >= 11 is 5.00. The van der Waals surface area contributed by atoms with Gasteiger partial charge in [-0.1, -0.05) is 18.2 Å². The van der Waals surface area contributed by atoms with E-state index in [9.17, 15) is 19.3 Å². The fourth-order valence-electron chi connectivity index (χ4n) is 1.78. The van der Waals surface area contributed by atoms with Crippen LogP contribution in [-0.2, 0) is 6.54 Å². The van der Waals surface area contributed by atoms with Crippen LogP contribution in [0, 0.1) is 15.9 Å². The van der Waals surface area contributed by atoms with Crippen molar-refractivity contribution in [1.82, 2.24) is 16.2 Å². The molecule has 0 saturated heterocycles. The average molecular weight is 348 g/mol. The van der Waals surface area contributed by atoms with E-state index in [1.807, 2.05) is 0 Å². The smallest absolute Gasteiger partial charge is 0.270 e. The highest BCUT2D eigenvalue weighted by Gasteiger charge is 2.11. The van der Waals surface area contributed by atoms with Crippen molar-refractivity contribution in [3.05, 3.63) is 75.6 Å². The molecule has 0 aliphatic carbocycles. The molecule has 0 radical (unpaired) electrons. The van der Waals surface area contributed by atoms with Crippen molar-refractivity contribution >= 4 is 28.9 Å². The molecular formula is C15H13FN4O3S. The number of nitro groups is 1. The Morgan fingerprint density at radius 2 is 1.88 bits per heavy atom. The van der Waals surface area contributed by atoms with Gasteiger partial charge in [0.15, 0.2) is 5.11 Å². The van der Waals surface area contributed by atoms with Gasteiger partial charge in [-0.15, -0.1) is 0 Å². The van der Waals surface area contributed by atoms with E-state index in [1.54, 1.807) is 12.1 Å². The molecule has 0 unspecified atom stereocenters. The van der Waals surface area contributed by atoms with Gasteiger partial charge >= 0.3 is 0 Å². The van der Waals surface area contributed by atoms with Gasteiger partial charge in [-0.2, -0.15) is 0 Å². The molecule has 0 aliphatic rings. The summed E-state index contributed by atoms with van der Waals surface area (Å²) in [5.41, 5.74) is 5.58. The molecule has 0 saturated carbocycles. The highest BCUT2D eigenvalue weighted by molar-refractivity contribution is 7.80. The van der Waals surface area contributed by atoms with Crippen LogP contribution in [-0.4, -0.2) is 15.9 Å².